The molecule has 0 aromatic heterocycles. The van der Waals surface area contributed by atoms with E-state index in [2.05, 4.69) is 5.32 Å². The lowest BCUT2D eigenvalue weighted by atomic mass is 9.92. The van der Waals surface area contributed by atoms with Gasteiger partial charge in [-0.15, -0.1) is 0 Å². The molecule has 4 unspecified atom stereocenters. The highest BCUT2D eigenvalue weighted by molar-refractivity contribution is 6.09. The summed E-state index contributed by atoms with van der Waals surface area (Å²) in [5.74, 6) is 0.343. The van der Waals surface area contributed by atoms with E-state index in [0.29, 0.717) is 31.3 Å². The van der Waals surface area contributed by atoms with Gasteiger partial charge in [-0.3, -0.25) is 14.5 Å². The lowest BCUT2D eigenvalue weighted by molar-refractivity contribution is -0.138. The molecule has 27 heavy (non-hydrogen) atoms. The molecule has 4 atom stereocenters. The van der Waals surface area contributed by atoms with Gasteiger partial charge in [-0.2, -0.15) is 0 Å². The van der Waals surface area contributed by atoms with Gasteiger partial charge in [-0.1, -0.05) is 24.3 Å². The van der Waals surface area contributed by atoms with Crippen molar-refractivity contribution < 1.29 is 14.4 Å². The van der Waals surface area contributed by atoms with Gasteiger partial charge in [0.25, 0.3) is 5.91 Å². The number of imide groups is 1. The summed E-state index contributed by atoms with van der Waals surface area (Å²) >= 11 is 0. The zero-order valence-electron chi connectivity index (χ0n) is 15.2. The number of carbonyl (C=O) groups excluding carboxylic acids is 3. The molecule has 3 N–H and O–H groups in total. The Labute approximate surface area is 157 Å². The molecule has 0 radical (unpaired) electrons. The number of hydrogen-bond acceptors (Lipinski definition) is 4. The van der Waals surface area contributed by atoms with Crippen LogP contribution in [0, 0.1) is 11.8 Å². The van der Waals surface area contributed by atoms with E-state index < -0.39 is 11.6 Å². The third kappa shape index (κ3) is 2.34. The fourth-order valence-corrected chi connectivity index (χ4v) is 5.48. The topological polar surface area (TPSA) is 95.7 Å². The Morgan fingerprint density at radius 3 is 2.85 bits per heavy atom. The Balaban J connectivity index is 1.33. The minimum Gasteiger partial charge on any atom is -0.341 e. The number of aryl methyl sites for hydroxylation is 1. The van der Waals surface area contributed by atoms with Crippen LogP contribution in [0.2, 0.25) is 0 Å². The second-order valence-corrected chi connectivity index (χ2v) is 8.35. The van der Waals surface area contributed by atoms with Crippen LogP contribution in [-0.4, -0.2) is 53.3 Å². The molecular formula is C20H24N4O3. The van der Waals surface area contributed by atoms with E-state index in [1.165, 1.54) is 0 Å². The van der Waals surface area contributed by atoms with Gasteiger partial charge < -0.3 is 16.0 Å². The molecular weight excluding hydrogens is 344 g/mol. The molecule has 2 aliphatic heterocycles. The minimum atomic E-state index is -1.00. The fourth-order valence-electron chi connectivity index (χ4n) is 5.48. The van der Waals surface area contributed by atoms with Crippen LogP contribution in [0.1, 0.15) is 30.4 Å². The Hall–Kier alpha value is -2.41. The van der Waals surface area contributed by atoms with Gasteiger partial charge in [0.05, 0.1) is 0 Å². The van der Waals surface area contributed by atoms with E-state index in [4.69, 9.17) is 5.73 Å². The molecule has 142 valence electrons. The predicted octanol–water partition coefficient (Wildman–Crippen LogP) is 0.576. The van der Waals surface area contributed by atoms with Crippen LogP contribution in [0.15, 0.2) is 24.3 Å². The first-order chi connectivity index (χ1) is 13.0. The lowest BCUT2D eigenvalue weighted by Gasteiger charge is -2.23. The number of nitrogens with one attached hydrogen (secondary N) is 1. The van der Waals surface area contributed by atoms with Crippen molar-refractivity contribution in [3.05, 3.63) is 35.4 Å². The summed E-state index contributed by atoms with van der Waals surface area (Å²) in [6, 6.07) is 7.39. The quantitative estimate of drug-likeness (QED) is 0.746. The molecule has 0 bridgehead atoms. The Morgan fingerprint density at radius 2 is 2.04 bits per heavy atom. The van der Waals surface area contributed by atoms with Crippen LogP contribution in [-0.2, 0) is 21.5 Å². The maximum Gasteiger partial charge on any atom is 0.325 e. The number of benzene rings is 1. The van der Waals surface area contributed by atoms with Crippen LogP contribution in [0.25, 0.3) is 0 Å². The van der Waals surface area contributed by atoms with E-state index in [1.807, 2.05) is 24.3 Å². The summed E-state index contributed by atoms with van der Waals surface area (Å²) in [6.07, 6.45) is 3.37. The Morgan fingerprint density at radius 1 is 1.22 bits per heavy atom. The number of fused-ring (bicyclic) bond motifs is 3. The predicted molar refractivity (Wildman–Crippen MR) is 97.5 cm³/mol. The Bertz CT molecular complexity index is 840. The van der Waals surface area contributed by atoms with Crippen molar-refractivity contribution in [3.8, 4) is 0 Å². The van der Waals surface area contributed by atoms with Crippen molar-refractivity contribution in [1.29, 1.82) is 0 Å². The molecule has 3 fully saturated rings. The monoisotopic (exact) mass is 368 g/mol. The maximum absolute atomic E-state index is 13.2. The smallest absolute Gasteiger partial charge is 0.325 e. The van der Waals surface area contributed by atoms with Gasteiger partial charge in [0.15, 0.2) is 0 Å². The molecule has 4 amide bonds. The first-order valence-electron chi connectivity index (χ1n) is 9.75. The first kappa shape index (κ1) is 16.7. The van der Waals surface area contributed by atoms with Crippen LogP contribution < -0.4 is 11.1 Å². The number of rotatable bonds is 2. The van der Waals surface area contributed by atoms with Gasteiger partial charge in [0.1, 0.15) is 12.1 Å². The molecule has 4 aliphatic rings. The molecule has 1 spiro atoms. The minimum absolute atomic E-state index is 0.155. The number of hydrogen-bond donors (Lipinski definition) is 2. The number of nitrogens with zero attached hydrogens (tertiary/aromatic N) is 2. The second kappa shape index (κ2) is 5.79. The largest absolute Gasteiger partial charge is 0.341 e. The molecule has 1 aromatic rings. The van der Waals surface area contributed by atoms with Gasteiger partial charge in [0.2, 0.25) is 5.91 Å². The van der Waals surface area contributed by atoms with E-state index >= 15 is 0 Å². The molecule has 1 saturated carbocycles. The van der Waals surface area contributed by atoms with E-state index in [9.17, 15) is 14.4 Å². The van der Waals surface area contributed by atoms with Gasteiger partial charge in [-0.05, 0) is 48.6 Å². The normalized spacial score (nSPS) is 34.3. The highest BCUT2D eigenvalue weighted by Crippen LogP contribution is 2.41. The van der Waals surface area contributed by atoms with E-state index in [-0.39, 0.29) is 24.4 Å². The number of urea groups is 1. The third-order valence-corrected chi connectivity index (χ3v) is 6.98. The molecule has 5 rings (SSSR count). The molecule has 1 aromatic carbocycles. The van der Waals surface area contributed by atoms with Gasteiger partial charge in [-0.25, -0.2) is 4.79 Å². The van der Waals surface area contributed by atoms with Crippen LogP contribution in [0.5, 0.6) is 0 Å². The van der Waals surface area contributed by atoms with Gasteiger partial charge >= 0.3 is 6.03 Å². The number of carbonyl (C=O) groups is 3. The molecule has 2 saturated heterocycles. The number of likely N-dealkylation sites (tertiary alicyclic amines) is 1. The highest BCUT2D eigenvalue weighted by Gasteiger charge is 2.56. The summed E-state index contributed by atoms with van der Waals surface area (Å²) < 4.78 is 0. The van der Waals surface area contributed by atoms with Crippen molar-refractivity contribution in [2.75, 3.05) is 19.6 Å². The van der Waals surface area contributed by atoms with Crippen molar-refractivity contribution in [1.82, 2.24) is 15.1 Å². The summed E-state index contributed by atoms with van der Waals surface area (Å²) in [5.41, 5.74) is 7.09. The van der Waals surface area contributed by atoms with Crippen molar-refractivity contribution in [2.45, 2.75) is 37.3 Å². The zero-order chi connectivity index (χ0) is 18.8. The maximum atomic E-state index is 13.2. The van der Waals surface area contributed by atoms with Crippen LogP contribution in [0.3, 0.4) is 0 Å². The molecule has 2 aliphatic carbocycles. The summed E-state index contributed by atoms with van der Waals surface area (Å²) in [7, 11) is 0. The van der Waals surface area contributed by atoms with Gasteiger partial charge in [0, 0.05) is 19.1 Å². The van der Waals surface area contributed by atoms with E-state index in [0.717, 1.165) is 35.3 Å². The highest BCUT2D eigenvalue weighted by atomic mass is 16.2. The van der Waals surface area contributed by atoms with Crippen LogP contribution >= 0.6 is 0 Å². The average Bonchev–Trinajstić information content (AvgIpc) is 3.38. The molecule has 7 heteroatoms. The number of nitrogens with two attached hydrogens (primary N) is 1. The SMILES string of the molecule is NC1CCC2CN(C(=O)CN3C(=O)NC4(CCc5ccccc54)C3=O)CC12. The number of amides is 4. The standard InChI is InChI=1S/C20H24N4O3/c21-16-6-5-13-9-23(10-14(13)16)17(25)11-24-18(26)20(22-19(24)27)8-7-12-3-1-2-4-15(12)20/h1-4,13-14,16H,5-11,21H2,(H,22,27). The Kier molecular flexibility index (Phi) is 3.59. The molecule has 7 nitrogen and oxygen atoms in total. The average molecular weight is 368 g/mol. The fraction of sp³-hybridized carbons (Fsp3) is 0.550. The molecule has 2 heterocycles. The van der Waals surface area contributed by atoms with Crippen molar-refractivity contribution in [3.63, 3.8) is 0 Å². The van der Waals surface area contributed by atoms with Crippen LogP contribution in [0.4, 0.5) is 4.79 Å². The summed E-state index contributed by atoms with van der Waals surface area (Å²) in [5, 5.41) is 2.87. The van der Waals surface area contributed by atoms with E-state index in [1.54, 1.807) is 4.90 Å². The van der Waals surface area contributed by atoms with Crippen molar-refractivity contribution >= 4 is 17.8 Å². The lowest BCUT2D eigenvalue weighted by Crippen LogP contribution is -2.45. The van der Waals surface area contributed by atoms with Crippen molar-refractivity contribution in [2.24, 2.45) is 17.6 Å². The zero-order valence-corrected chi connectivity index (χ0v) is 15.2. The first-order valence-corrected chi connectivity index (χ1v) is 9.75. The summed E-state index contributed by atoms with van der Waals surface area (Å²) in [6.45, 7) is 1.14. The third-order valence-electron chi connectivity index (χ3n) is 6.98. The second-order valence-electron chi connectivity index (χ2n) is 8.35. The summed E-state index contributed by atoms with van der Waals surface area (Å²) in [4.78, 5) is 41.4.